The van der Waals surface area contributed by atoms with Crippen LogP contribution in [-0.4, -0.2) is 11.1 Å². The fourth-order valence-electron chi connectivity index (χ4n) is 3.89. The Bertz CT molecular complexity index is 443. The average molecular weight is 231 g/mol. The lowest BCUT2D eigenvalue weighted by molar-refractivity contribution is 0.251. The lowest BCUT2D eigenvalue weighted by Gasteiger charge is -2.44. The van der Waals surface area contributed by atoms with Gasteiger partial charge in [0.15, 0.2) is 0 Å². The Morgan fingerprint density at radius 3 is 3.00 bits per heavy atom. The highest BCUT2D eigenvalue weighted by atomic mass is 16.3. The fourth-order valence-corrected chi connectivity index (χ4v) is 3.89. The predicted molar refractivity (Wildman–Crippen MR) is 69.1 cm³/mol. The monoisotopic (exact) mass is 231 g/mol. The number of hydrogen-bond acceptors (Lipinski definition) is 2. The van der Waals surface area contributed by atoms with Crippen molar-refractivity contribution in [3.8, 4) is 5.75 Å². The minimum atomic E-state index is 0.0630. The molecule has 0 amide bonds. The van der Waals surface area contributed by atoms with Crippen molar-refractivity contribution in [3.05, 3.63) is 29.3 Å². The van der Waals surface area contributed by atoms with Crippen LogP contribution >= 0.6 is 0 Å². The van der Waals surface area contributed by atoms with Gasteiger partial charge in [-0.15, -0.1) is 0 Å². The first kappa shape index (κ1) is 11.1. The predicted octanol–water partition coefficient (Wildman–Crippen LogP) is 2.72. The molecular formula is C15H21NO. The van der Waals surface area contributed by atoms with E-state index < -0.39 is 0 Å². The van der Waals surface area contributed by atoms with E-state index in [-0.39, 0.29) is 11.5 Å². The summed E-state index contributed by atoms with van der Waals surface area (Å²) >= 11 is 0. The lowest BCUT2D eigenvalue weighted by atomic mass is 9.63. The van der Waals surface area contributed by atoms with Crippen molar-refractivity contribution in [1.82, 2.24) is 0 Å². The van der Waals surface area contributed by atoms with E-state index in [0.29, 0.717) is 11.7 Å². The van der Waals surface area contributed by atoms with Gasteiger partial charge in [-0.1, -0.05) is 31.9 Å². The van der Waals surface area contributed by atoms with Gasteiger partial charge in [-0.25, -0.2) is 0 Å². The van der Waals surface area contributed by atoms with E-state index in [9.17, 15) is 5.11 Å². The molecule has 2 aliphatic carbocycles. The van der Waals surface area contributed by atoms with Crippen LogP contribution in [0.25, 0.3) is 0 Å². The Hall–Kier alpha value is -1.02. The van der Waals surface area contributed by atoms with Crippen molar-refractivity contribution in [2.75, 3.05) is 0 Å². The zero-order valence-corrected chi connectivity index (χ0v) is 10.4. The van der Waals surface area contributed by atoms with E-state index in [2.05, 4.69) is 13.0 Å². The second kappa shape index (κ2) is 3.74. The summed E-state index contributed by atoms with van der Waals surface area (Å²) in [6.07, 6.45) is 5.86. The van der Waals surface area contributed by atoms with Gasteiger partial charge in [0.25, 0.3) is 0 Å². The zero-order chi connectivity index (χ0) is 12.0. The third-order valence-electron chi connectivity index (χ3n) is 5.00. The number of phenolic OH excluding ortho intramolecular Hbond substituents is 1. The Balaban J connectivity index is 2.19. The van der Waals surface area contributed by atoms with E-state index >= 15 is 0 Å². The van der Waals surface area contributed by atoms with Gasteiger partial charge in [0.2, 0.25) is 0 Å². The van der Waals surface area contributed by atoms with Crippen LogP contribution in [0.4, 0.5) is 0 Å². The second-order valence-electron chi connectivity index (χ2n) is 5.96. The number of nitrogens with two attached hydrogens (primary N) is 1. The third-order valence-corrected chi connectivity index (χ3v) is 5.00. The van der Waals surface area contributed by atoms with Crippen molar-refractivity contribution < 1.29 is 5.11 Å². The quantitative estimate of drug-likeness (QED) is 0.721. The van der Waals surface area contributed by atoms with Crippen LogP contribution < -0.4 is 5.73 Å². The molecule has 2 heteroatoms. The van der Waals surface area contributed by atoms with Gasteiger partial charge in [-0.2, -0.15) is 0 Å². The summed E-state index contributed by atoms with van der Waals surface area (Å²) in [6.45, 7) is 2.29. The fraction of sp³-hybridized carbons (Fsp3) is 0.600. The molecule has 0 aliphatic heterocycles. The molecule has 1 aromatic carbocycles. The molecule has 2 nitrogen and oxygen atoms in total. The zero-order valence-electron chi connectivity index (χ0n) is 10.4. The maximum atomic E-state index is 10.1. The third kappa shape index (κ3) is 1.50. The molecule has 1 aromatic rings. The first-order valence-corrected chi connectivity index (χ1v) is 6.70. The first-order chi connectivity index (χ1) is 8.13. The molecular weight excluding hydrogens is 210 g/mol. The van der Waals surface area contributed by atoms with Crippen molar-refractivity contribution in [1.29, 1.82) is 0 Å². The highest BCUT2D eigenvalue weighted by Crippen LogP contribution is 2.48. The van der Waals surface area contributed by atoms with Crippen LogP contribution in [0.1, 0.15) is 43.7 Å². The number of phenols is 1. The van der Waals surface area contributed by atoms with Crippen molar-refractivity contribution in [2.24, 2.45) is 11.7 Å². The van der Waals surface area contributed by atoms with Gasteiger partial charge < -0.3 is 10.8 Å². The first-order valence-electron chi connectivity index (χ1n) is 6.70. The standard InChI is InChI=1S/C15H21NO/c1-15-8-3-2-5-10(14(15)16)9-11-12(15)6-4-7-13(11)17/h4,6-7,10,14,17H,2-3,5,8-9,16H2,1H3/t10?,14-,15-/m0/s1. The maximum Gasteiger partial charge on any atom is 0.119 e. The van der Waals surface area contributed by atoms with Crippen LogP contribution in [0.3, 0.4) is 0 Å². The summed E-state index contributed by atoms with van der Waals surface area (Å²) < 4.78 is 0. The minimum Gasteiger partial charge on any atom is -0.508 e. The highest BCUT2D eigenvalue weighted by molar-refractivity contribution is 5.47. The van der Waals surface area contributed by atoms with Gasteiger partial charge in [0.05, 0.1) is 0 Å². The van der Waals surface area contributed by atoms with Gasteiger partial charge in [0.1, 0.15) is 5.75 Å². The number of fused-ring (bicyclic) bond motifs is 4. The number of aromatic hydroxyl groups is 1. The van der Waals surface area contributed by atoms with E-state index in [4.69, 9.17) is 5.73 Å². The van der Waals surface area contributed by atoms with Crippen LogP contribution in [0.5, 0.6) is 5.75 Å². The van der Waals surface area contributed by atoms with Gasteiger partial charge in [-0.05, 0) is 42.4 Å². The Labute approximate surface area is 103 Å². The van der Waals surface area contributed by atoms with Crippen molar-refractivity contribution in [3.63, 3.8) is 0 Å². The summed E-state index contributed by atoms with van der Waals surface area (Å²) in [4.78, 5) is 0. The molecule has 2 bridgehead atoms. The molecule has 1 fully saturated rings. The molecule has 17 heavy (non-hydrogen) atoms. The highest BCUT2D eigenvalue weighted by Gasteiger charge is 2.45. The van der Waals surface area contributed by atoms with Crippen LogP contribution in [0.15, 0.2) is 18.2 Å². The van der Waals surface area contributed by atoms with E-state index in [1.54, 1.807) is 0 Å². The molecule has 3 N–H and O–H groups in total. The molecule has 0 aromatic heterocycles. The summed E-state index contributed by atoms with van der Waals surface area (Å²) in [5.41, 5.74) is 9.02. The van der Waals surface area contributed by atoms with Gasteiger partial charge in [0, 0.05) is 11.5 Å². The number of rotatable bonds is 0. The van der Waals surface area contributed by atoms with E-state index in [1.165, 1.54) is 24.8 Å². The Kier molecular flexibility index (Phi) is 2.44. The molecule has 0 saturated heterocycles. The molecule has 0 radical (unpaired) electrons. The summed E-state index contributed by atoms with van der Waals surface area (Å²) in [7, 11) is 0. The molecule has 0 spiro atoms. The maximum absolute atomic E-state index is 10.1. The smallest absolute Gasteiger partial charge is 0.119 e. The SMILES string of the molecule is C[C@]12CCCCC(Cc3c(O)cccc31)[C@@H]2N. The van der Waals surface area contributed by atoms with Crippen LogP contribution in [-0.2, 0) is 11.8 Å². The van der Waals surface area contributed by atoms with Crippen molar-refractivity contribution >= 4 is 0 Å². The van der Waals surface area contributed by atoms with E-state index in [1.807, 2.05) is 12.1 Å². The van der Waals surface area contributed by atoms with Crippen LogP contribution in [0, 0.1) is 5.92 Å². The summed E-state index contributed by atoms with van der Waals surface area (Å²) in [6, 6.07) is 6.18. The van der Waals surface area contributed by atoms with Crippen molar-refractivity contribution in [2.45, 2.75) is 50.5 Å². The molecule has 2 aliphatic rings. The van der Waals surface area contributed by atoms with Gasteiger partial charge in [-0.3, -0.25) is 0 Å². The molecule has 1 unspecified atom stereocenters. The number of benzene rings is 1. The molecule has 3 rings (SSSR count). The van der Waals surface area contributed by atoms with Gasteiger partial charge >= 0.3 is 0 Å². The summed E-state index contributed by atoms with van der Waals surface area (Å²) in [5, 5.41) is 10.1. The largest absolute Gasteiger partial charge is 0.508 e. The molecule has 1 saturated carbocycles. The molecule has 0 heterocycles. The Morgan fingerprint density at radius 2 is 2.18 bits per heavy atom. The normalized spacial score (nSPS) is 36.1. The van der Waals surface area contributed by atoms with Crippen LogP contribution in [0.2, 0.25) is 0 Å². The molecule has 92 valence electrons. The minimum absolute atomic E-state index is 0.0630. The second-order valence-corrected chi connectivity index (χ2v) is 5.96. The molecule has 3 atom stereocenters. The average Bonchev–Trinajstić information content (AvgIpc) is 2.41. The summed E-state index contributed by atoms with van der Waals surface area (Å²) in [5.74, 6) is 1.01. The van der Waals surface area contributed by atoms with E-state index in [0.717, 1.165) is 18.4 Å². The number of hydrogen-bond donors (Lipinski definition) is 2. The lowest BCUT2D eigenvalue weighted by Crippen LogP contribution is -2.51. The topological polar surface area (TPSA) is 46.2 Å². The Morgan fingerprint density at radius 1 is 1.35 bits per heavy atom.